The van der Waals surface area contributed by atoms with Crippen LogP contribution in [0.3, 0.4) is 0 Å². The summed E-state index contributed by atoms with van der Waals surface area (Å²) in [7, 11) is 0. The summed E-state index contributed by atoms with van der Waals surface area (Å²) < 4.78 is 12.7. The first kappa shape index (κ1) is 22.5. The van der Waals surface area contributed by atoms with E-state index in [0.29, 0.717) is 33.0 Å². The van der Waals surface area contributed by atoms with Crippen LogP contribution in [0.25, 0.3) is 6.08 Å². The van der Waals surface area contributed by atoms with Crippen LogP contribution in [0.1, 0.15) is 18.1 Å². The largest absolute Gasteiger partial charge is 0.490 e. The number of carbonyl (C=O) groups excluding carboxylic acids is 2. The predicted octanol–water partition coefficient (Wildman–Crippen LogP) is 5.86. The molecule has 2 amide bonds. The van der Waals surface area contributed by atoms with E-state index in [0.717, 1.165) is 21.8 Å². The van der Waals surface area contributed by atoms with Crippen LogP contribution in [0.4, 0.5) is 4.79 Å². The average molecular weight is 551 g/mol. The van der Waals surface area contributed by atoms with Gasteiger partial charge < -0.3 is 9.47 Å². The Morgan fingerprint density at radius 3 is 2.63 bits per heavy atom. The van der Waals surface area contributed by atoms with Crippen molar-refractivity contribution in [2.24, 2.45) is 0 Å². The number of benzene rings is 2. The van der Waals surface area contributed by atoms with Crippen LogP contribution in [0.15, 0.2) is 50.2 Å². The summed E-state index contributed by atoms with van der Waals surface area (Å²) >= 11 is 7.83. The minimum Gasteiger partial charge on any atom is -0.490 e. The quantitative estimate of drug-likeness (QED) is 0.319. The number of terminal acetylenes is 1. The first-order chi connectivity index (χ1) is 14.4. The van der Waals surface area contributed by atoms with Crippen molar-refractivity contribution in [3.63, 3.8) is 0 Å². The smallest absolute Gasteiger partial charge is 0.293 e. The van der Waals surface area contributed by atoms with Gasteiger partial charge in [-0.25, -0.2) is 0 Å². The van der Waals surface area contributed by atoms with E-state index in [1.165, 1.54) is 4.90 Å². The van der Waals surface area contributed by atoms with Crippen LogP contribution in [0, 0.1) is 12.3 Å². The summed E-state index contributed by atoms with van der Waals surface area (Å²) in [5.41, 5.74) is 1.56. The summed E-state index contributed by atoms with van der Waals surface area (Å²) in [5, 5.41) is -0.305. The summed E-state index contributed by atoms with van der Waals surface area (Å²) in [4.78, 5) is 26.9. The van der Waals surface area contributed by atoms with Gasteiger partial charge in [0.05, 0.1) is 22.5 Å². The fourth-order valence-electron chi connectivity index (χ4n) is 2.77. The molecule has 0 bridgehead atoms. The zero-order chi connectivity index (χ0) is 21.7. The van der Waals surface area contributed by atoms with Gasteiger partial charge in [0.2, 0.25) is 0 Å². The van der Waals surface area contributed by atoms with Gasteiger partial charge in [-0.2, -0.15) is 0 Å². The molecule has 154 valence electrons. The Kier molecular flexibility index (Phi) is 7.64. The van der Waals surface area contributed by atoms with Gasteiger partial charge >= 0.3 is 0 Å². The highest BCUT2D eigenvalue weighted by Crippen LogP contribution is 2.39. The number of rotatable bonds is 7. The predicted molar refractivity (Wildman–Crippen MR) is 125 cm³/mol. The van der Waals surface area contributed by atoms with Crippen molar-refractivity contribution in [3.8, 4) is 23.8 Å². The Hall–Kier alpha value is -2.21. The number of carbonyl (C=O) groups is 2. The molecule has 30 heavy (non-hydrogen) atoms. The number of nitrogens with zero attached hydrogens (tertiary/aromatic N) is 1. The maximum atomic E-state index is 12.9. The molecule has 2 aromatic carbocycles. The number of thioether (sulfide) groups is 1. The van der Waals surface area contributed by atoms with Crippen molar-refractivity contribution in [3.05, 3.63) is 61.4 Å². The van der Waals surface area contributed by atoms with E-state index in [9.17, 15) is 9.59 Å². The lowest BCUT2D eigenvalue weighted by atomic mass is 10.1. The molecule has 1 fully saturated rings. The van der Waals surface area contributed by atoms with Gasteiger partial charge in [0.1, 0.15) is 6.61 Å². The average Bonchev–Trinajstić information content (AvgIpc) is 2.96. The lowest BCUT2D eigenvalue weighted by Crippen LogP contribution is -2.27. The lowest BCUT2D eigenvalue weighted by Gasteiger charge is -2.14. The van der Waals surface area contributed by atoms with Gasteiger partial charge in [-0.05, 0) is 70.0 Å². The van der Waals surface area contributed by atoms with Crippen LogP contribution >= 0.6 is 43.6 Å². The monoisotopic (exact) mass is 549 g/mol. The first-order valence-electron chi connectivity index (χ1n) is 8.96. The van der Waals surface area contributed by atoms with E-state index >= 15 is 0 Å². The van der Waals surface area contributed by atoms with Gasteiger partial charge in [0, 0.05) is 4.47 Å². The Balaban J connectivity index is 1.88. The molecule has 0 unspecified atom stereocenters. The number of ether oxygens (including phenoxy) is 2. The number of imide groups is 1. The molecule has 0 saturated carbocycles. The summed E-state index contributed by atoms with van der Waals surface area (Å²) in [6.07, 6.45) is 6.94. The second kappa shape index (κ2) is 10.2. The summed E-state index contributed by atoms with van der Waals surface area (Å²) in [6.45, 7) is 2.60. The van der Waals surface area contributed by atoms with Crippen LogP contribution in [0.5, 0.6) is 11.5 Å². The van der Waals surface area contributed by atoms with Crippen LogP contribution < -0.4 is 9.47 Å². The van der Waals surface area contributed by atoms with E-state index < -0.39 is 0 Å². The SMILES string of the molecule is C#CCOc1c(Br)cc(/C=C2\SC(=O)N(Cc3ccccc3Br)C2=O)cc1OCC. The number of halogens is 2. The third-order valence-corrected chi connectivity index (χ3v) is 6.36. The Morgan fingerprint density at radius 2 is 1.93 bits per heavy atom. The highest BCUT2D eigenvalue weighted by atomic mass is 79.9. The van der Waals surface area contributed by atoms with Gasteiger partial charge in [-0.3, -0.25) is 14.5 Å². The molecule has 0 spiro atoms. The molecule has 0 atom stereocenters. The molecule has 8 heteroatoms. The minimum atomic E-state index is -0.331. The van der Waals surface area contributed by atoms with Crippen molar-refractivity contribution in [1.29, 1.82) is 0 Å². The highest BCUT2D eigenvalue weighted by Gasteiger charge is 2.35. The fraction of sp³-hybridized carbons (Fsp3) is 0.182. The van der Waals surface area contributed by atoms with Gasteiger partial charge in [0.15, 0.2) is 11.5 Å². The van der Waals surface area contributed by atoms with E-state index in [-0.39, 0.29) is 24.3 Å². The summed E-state index contributed by atoms with van der Waals surface area (Å²) in [6, 6.07) is 11.0. The molecular formula is C22H17Br2NO4S. The van der Waals surface area contributed by atoms with E-state index in [1.54, 1.807) is 18.2 Å². The Bertz CT molecular complexity index is 1060. The highest BCUT2D eigenvalue weighted by molar-refractivity contribution is 9.10. The minimum absolute atomic E-state index is 0.103. The topological polar surface area (TPSA) is 55.8 Å². The van der Waals surface area contributed by atoms with Gasteiger partial charge in [-0.15, -0.1) is 6.42 Å². The van der Waals surface area contributed by atoms with Crippen molar-refractivity contribution >= 4 is 60.8 Å². The molecular weight excluding hydrogens is 534 g/mol. The second-order valence-corrected chi connectivity index (χ2v) is 8.82. The number of amides is 2. The first-order valence-corrected chi connectivity index (χ1v) is 11.4. The second-order valence-electron chi connectivity index (χ2n) is 6.12. The molecule has 1 heterocycles. The van der Waals surface area contributed by atoms with Crippen molar-refractivity contribution in [2.75, 3.05) is 13.2 Å². The molecule has 2 aromatic rings. The van der Waals surface area contributed by atoms with E-state index in [2.05, 4.69) is 37.8 Å². The number of hydrogen-bond acceptors (Lipinski definition) is 5. The third kappa shape index (κ3) is 5.09. The van der Waals surface area contributed by atoms with Crippen molar-refractivity contribution in [2.45, 2.75) is 13.5 Å². The maximum absolute atomic E-state index is 12.9. The molecule has 1 aliphatic rings. The molecule has 0 aromatic heterocycles. The zero-order valence-electron chi connectivity index (χ0n) is 16.0. The fourth-order valence-corrected chi connectivity index (χ4v) is 4.60. The number of hydrogen-bond donors (Lipinski definition) is 0. The normalized spacial score (nSPS) is 14.9. The Labute approximate surface area is 196 Å². The molecule has 1 aliphatic heterocycles. The molecule has 0 aliphatic carbocycles. The van der Waals surface area contributed by atoms with E-state index in [4.69, 9.17) is 15.9 Å². The standard InChI is InChI=1S/C22H17Br2NO4S/c1-3-9-29-20-17(24)10-14(11-18(20)28-4-2)12-19-21(26)25(22(27)30-19)13-15-7-5-6-8-16(15)23/h1,5-8,10-12H,4,9,13H2,2H3/b19-12-. The summed E-state index contributed by atoms with van der Waals surface area (Å²) in [5.74, 6) is 3.08. The molecule has 3 rings (SSSR count). The Morgan fingerprint density at radius 1 is 1.17 bits per heavy atom. The van der Waals surface area contributed by atoms with Gasteiger partial charge in [0.25, 0.3) is 11.1 Å². The molecule has 5 nitrogen and oxygen atoms in total. The molecule has 0 N–H and O–H groups in total. The van der Waals surface area contributed by atoms with Crippen LogP contribution in [-0.2, 0) is 11.3 Å². The van der Waals surface area contributed by atoms with Crippen molar-refractivity contribution in [1.82, 2.24) is 4.90 Å². The van der Waals surface area contributed by atoms with Gasteiger partial charge in [-0.1, -0.05) is 40.0 Å². The molecule has 0 radical (unpaired) electrons. The van der Waals surface area contributed by atoms with Crippen LogP contribution in [0.2, 0.25) is 0 Å². The van der Waals surface area contributed by atoms with Crippen molar-refractivity contribution < 1.29 is 19.1 Å². The molecule has 1 saturated heterocycles. The maximum Gasteiger partial charge on any atom is 0.293 e. The zero-order valence-corrected chi connectivity index (χ0v) is 20.0. The third-order valence-electron chi connectivity index (χ3n) is 4.09. The lowest BCUT2D eigenvalue weighted by molar-refractivity contribution is -0.123. The van der Waals surface area contributed by atoms with Crippen LogP contribution in [-0.4, -0.2) is 29.3 Å². The van der Waals surface area contributed by atoms with E-state index in [1.807, 2.05) is 31.2 Å².